The Hall–Kier alpha value is -2.92. The highest BCUT2D eigenvalue weighted by atomic mass is 35.5. The van der Waals surface area contributed by atoms with E-state index < -0.39 is 0 Å². The molecule has 146 valence electrons. The molecule has 5 nitrogen and oxygen atoms in total. The van der Waals surface area contributed by atoms with Crippen LogP contribution < -0.4 is 4.74 Å². The van der Waals surface area contributed by atoms with E-state index in [1.807, 2.05) is 55.5 Å². The molecule has 5 rings (SSSR count). The molecule has 1 aliphatic carbocycles. The van der Waals surface area contributed by atoms with Gasteiger partial charge in [0.15, 0.2) is 5.52 Å². The van der Waals surface area contributed by atoms with Crippen LogP contribution in [0.3, 0.4) is 0 Å². The third-order valence-electron chi connectivity index (χ3n) is 4.97. The number of halogens is 1. The summed E-state index contributed by atoms with van der Waals surface area (Å²) in [5.74, 6) is 2.27. The smallest absolute Gasteiger partial charge is 0.254 e. The third kappa shape index (κ3) is 4.10. The Bertz CT molecular complexity index is 1170. The molecule has 4 aromatic rings. The molecule has 0 atom stereocenters. The Labute approximate surface area is 173 Å². The van der Waals surface area contributed by atoms with E-state index >= 15 is 0 Å². The van der Waals surface area contributed by atoms with E-state index in [2.05, 4.69) is 15.0 Å². The lowest BCUT2D eigenvalue weighted by molar-refractivity contribution is 0.290. The number of benzene rings is 2. The predicted octanol–water partition coefficient (Wildman–Crippen LogP) is 5.63. The Morgan fingerprint density at radius 1 is 1.07 bits per heavy atom. The van der Waals surface area contributed by atoms with Gasteiger partial charge in [-0.15, -0.1) is 0 Å². The van der Waals surface area contributed by atoms with Crippen molar-refractivity contribution in [2.45, 2.75) is 26.2 Å². The van der Waals surface area contributed by atoms with Gasteiger partial charge in [0.1, 0.15) is 5.82 Å². The molecule has 0 aliphatic heterocycles. The maximum atomic E-state index is 6.02. The van der Waals surface area contributed by atoms with Crippen LogP contribution in [0.25, 0.3) is 22.7 Å². The lowest BCUT2D eigenvalue weighted by Crippen LogP contribution is -2.05. The molecule has 0 radical (unpaired) electrons. The first-order chi connectivity index (χ1) is 14.1. The van der Waals surface area contributed by atoms with Crippen molar-refractivity contribution >= 4 is 22.8 Å². The number of hydrogen-bond donors (Lipinski definition) is 0. The Balaban J connectivity index is 1.54. The van der Waals surface area contributed by atoms with E-state index in [-0.39, 0.29) is 0 Å². The molecule has 29 heavy (non-hydrogen) atoms. The SMILES string of the molecule is Cc1cccc(-c2nc3c(OCC4CC4)nc(Cc4ccc(Cl)cc4)nc3o2)c1. The molecular formula is C23H20ClN3O2. The van der Waals surface area contributed by atoms with Crippen molar-refractivity contribution in [1.29, 1.82) is 0 Å². The Kier molecular flexibility index (Phi) is 4.68. The minimum Gasteiger partial charge on any atom is -0.476 e. The summed E-state index contributed by atoms with van der Waals surface area (Å²) in [7, 11) is 0. The fourth-order valence-electron chi connectivity index (χ4n) is 3.19. The number of aryl methyl sites for hydroxylation is 1. The van der Waals surface area contributed by atoms with Gasteiger partial charge in [0, 0.05) is 17.0 Å². The predicted molar refractivity (Wildman–Crippen MR) is 112 cm³/mol. The Morgan fingerprint density at radius 3 is 2.66 bits per heavy atom. The molecule has 1 aliphatic rings. The molecule has 2 aromatic carbocycles. The number of rotatable bonds is 6. The molecule has 0 unspecified atom stereocenters. The minimum absolute atomic E-state index is 0.450. The van der Waals surface area contributed by atoms with Crippen molar-refractivity contribution in [2.24, 2.45) is 5.92 Å². The third-order valence-corrected chi connectivity index (χ3v) is 5.22. The molecule has 1 saturated carbocycles. The number of ether oxygens (including phenoxy) is 1. The first-order valence-corrected chi connectivity index (χ1v) is 10.1. The quantitative estimate of drug-likeness (QED) is 0.416. The summed E-state index contributed by atoms with van der Waals surface area (Å²) in [5, 5.41) is 0.705. The van der Waals surface area contributed by atoms with Gasteiger partial charge < -0.3 is 9.15 Å². The number of nitrogens with zero attached hydrogens (tertiary/aromatic N) is 3. The van der Waals surface area contributed by atoms with Gasteiger partial charge in [0.25, 0.3) is 5.71 Å². The van der Waals surface area contributed by atoms with Crippen LogP contribution in [0.5, 0.6) is 5.88 Å². The molecule has 2 aromatic heterocycles. The zero-order valence-electron chi connectivity index (χ0n) is 16.1. The molecule has 0 N–H and O–H groups in total. The lowest BCUT2D eigenvalue weighted by Gasteiger charge is -2.06. The number of oxazole rings is 1. The van der Waals surface area contributed by atoms with Crippen molar-refractivity contribution in [1.82, 2.24) is 15.0 Å². The van der Waals surface area contributed by atoms with Crippen LogP contribution in [0.2, 0.25) is 5.02 Å². The number of fused-ring (bicyclic) bond motifs is 1. The van der Waals surface area contributed by atoms with Gasteiger partial charge >= 0.3 is 0 Å². The van der Waals surface area contributed by atoms with Crippen LogP contribution in [0, 0.1) is 12.8 Å². The summed E-state index contributed by atoms with van der Waals surface area (Å²) in [6.45, 7) is 2.69. The maximum Gasteiger partial charge on any atom is 0.254 e. The van der Waals surface area contributed by atoms with Crippen molar-refractivity contribution in [2.75, 3.05) is 6.61 Å². The number of hydrogen-bond acceptors (Lipinski definition) is 5. The first kappa shape index (κ1) is 18.1. The van der Waals surface area contributed by atoms with Crippen LogP contribution in [0.4, 0.5) is 0 Å². The van der Waals surface area contributed by atoms with Crippen molar-refractivity contribution in [3.05, 3.63) is 70.5 Å². The summed E-state index contributed by atoms with van der Waals surface area (Å²) < 4.78 is 12.0. The van der Waals surface area contributed by atoms with Crippen molar-refractivity contribution in [3.63, 3.8) is 0 Å². The summed E-state index contributed by atoms with van der Waals surface area (Å²) in [6, 6.07) is 15.7. The molecule has 0 saturated heterocycles. The highest BCUT2D eigenvalue weighted by Crippen LogP contribution is 2.32. The van der Waals surface area contributed by atoms with Crippen LogP contribution in [0.1, 0.15) is 29.8 Å². The lowest BCUT2D eigenvalue weighted by atomic mass is 10.1. The largest absolute Gasteiger partial charge is 0.476 e. The van der Waals surface area contributed by atoms with E-state index in [0.717, 1.165) is 16.7 Å². The summed E-state index contributed by atoms with van der Waals surface area (Å²) >= 11 is 5.99. The maximum absolute atomic E-state index is 6.02. The van der Waals surface area contributed by atoms with Gasteiger partial charge in [-0.25, -0.2) is 4.98 Å². The summed E-state index contributed by atoms with van der Waals surface area (Å²) in [4.78, 5) is 13.9. The van der Waals surface area contributed by atoms with Gasteiger partial charge in [0.05, 0.1) is 6.61 Å². The van der Waals surface area contributed by atoms with E-state index in [9.17, 15) is 0 Å². The van der Waals surface area contributed by atoms with Crippen LogP contribution in [0.15, 0.2) is 52.9 Å². The second-order valence-corrected chi connectivity index (χ2v) is 7.98. The van der Waals surface area contributed by atoms with Gasteiger partial charge in [-0.05, 0) is 55.5 Å². The Morgan fingerprint density at radius 2 is 1.90 bits per heavy atom. The zero-order valence-corrected chi connectivity index (χ0v) is 16.8. The van der Waals surface area contributed by atoms with Crippen molar-refractivity contribution < 1.29 is 9.15 Å². The molecule has 0 spiro atoms. The average molecular weight is 406 g/mol. The van der Waals surface area contributed by atoms with Gasteiger partial charge in [-0.3, -0.25) is 0 Å². The summed E-state index contributed by atoms with van der Waals surface area (Å²) in [5.41, 5.74) is 4.15. The van der Waals surface area contributed by atoms with E-state index in [0.29, 0.717) is 52.8 Å². The zero-order chi connectivity index (χ0) is 19.8. The molecule has 1 fully saturated rings. The van der Waals surface area contributed by atoms with Crippen LogP contribution in [-0.2, 0) is 6.42 Å². The van der Waals surface area contributed by atoms with Crippen LogP contribution >= 0.6 is 11.6 Å². The van der Waals surface area contributed by atoms with Crippen molar-refractivity contribution in [3.8, 4) is 17.3 Å². The average Bonchev–Trinajstić information content (AvgIpc) is 3.44. The molecule has 6 heteroatoms. The monoisotopic (exact) mass is 405 g/mol. The van der Waals surface area contributed by atoms with Crippen LogP contribution in [-0.4, -0.2) is 21.6 Å². The van der Waals surface area contributed by atoms with E-state index in [1.165, 1.54) is 12.8 Å². The normalized spacial score (nSPS) is 13.7. The molecule has 0 amide bonds. The molecule has 2 heterocycles. The van der Waals surface area contributed by atoms with Gasteiger partial charge in [-0.1, -0.05) is 41.4 Å². The fourth-order valence-corrected chi connectivity index (χ4v) is 3.31. The van der Waals surface area contributed by atoms with Gasteiger partial charge in [0.2, 0.25) is 11.8 Å². The molecule has 0 bridgehead atoms. The van der Waals surface area contributed by atoms with E-state index in [4.69, 9.17) is 20.8 Å². The topological polar surface area (TPSA) is 61.0 Å². The first-order valence-electron chi connectivity index (χ1n) is 9.76. The molecular weight excluding hydrogens is 386 g/mol. The number of aromatic nitrogens is 3. The fraction of sp³-hybridized carbons (Fsp3) is 0.261. The second kappa shape index (κ2) is 7.48. The standard InChI is InChI=1S/C23H20ClN3O2/c1-14-3-2-4-17(11-14)21-27-20-22(28-13-16-5-6-16)25-19(26-23(20)29-21)12-15-7-9-18(24)10-8-15/h2-4,7-11,16H,5-6,12-13H2,1H3. The van der Waals surface area contributed by atoms with E-state index in [1.54, 1.807) is 0 Å². The summed E-state index contributed by atoms with van der Waals surface area (Å²) in [6.07, 6.45) is 2.98. The second-order valence-electron chi connectivity index (χ2n) is 7.54. The minimum atomic E-state index is 0.450. The highest BCUT2D eigenvalue weighted by Gasteiger charge is 2.24. The highest BCUT2D eigenvalue weighted by molar-refractivity contribution is 6.30. The van der Waals surface area contributed by atoms with Gasteiger partial charge in [-0.2, -0.15) is 9.97 Å².